The summed E-state index contributed by atoms with van der Waals surface area (Å²) in [5.41, 5.74) is 5.82. The van der Waals surface area contributed by atoms with Crippen LogP contribution < -0.4 is 10.2 Å². The second-order valence-corrected chi connectivity index (χ2v) is 7.36. The van der Waals surface area contributed by atoms with E-state index in [1.807, 2.05) is 73.7 Å². The standard InChI is InChI=1S/C25H23N3O/c1-17-4-9-22(27-25(29)19-7-10-23(11-8-19)28(2)3)15-24(17)20-6-5-18-12-13-26-16-21(18)14-20/h4-16H,1-3H3,(H,27,29). The van der Waals surface area contributed by atoms with E-state index in [9.17, 15) is 4.79 Å². The molecule has 4 nitrogen and oxygen atoms in total. The van der Waals surface area contributed by atoms with E-state index in [-0.39, 0.29) is 5.91 Å². The van der Waals surface area contributed by atoms with Crippen molar-refractivity contribution in [2.24, 2.45) is 0 Å². The third-order valence-electron chi connectivity index (χ3n) is 5.09. The minimum Gasteiger partial charge on any atom is -0.378 e. The zero-order chi connectivity index (χ0) is 20.4. The van der Waals surface area contributed by atoms with Crippen molar-refractivity contribution in [2.45, 2.75) is 6.92 Å². The second kappa shape index (κ2) is 7.76. The lowest BCUT2D eigenvalue weighted by Gasteiger charge is -2.13. The lowest BCUT2D eigenvalue weighted by atomic mass is 9.98. The van der Waals surface area contributed by atoms with Gasteiger partial charge in [0.2, 0.25) is 0 Å². The summed E-state index contributed by atoms with van der Waals surface area (Å²) in [6.45, 7) is 2.08. The van der Waals surface area contributed by atoms with E-state index < -0.39 is 0 Å². The molecule has 0 radical (unpaired) electrons. The molecular weight excluding hydrogens is 358 g/mol. The van der Waals surface area contributed by atoms with Crippen molar-refractivity contribution in [1.82, 2.24) is 4.98 Å². The molecule has 0 aliphatic carbocycles. The number of benzene rings is 3. The molecule has 0 aliphatic rings. The predicted octanol–water partition coefficient (Wildman–Crippen LogP) is 5.53. The van der Waals surface area contributed by atoms with Crippen LogP contribution in [0.3, 0.4) is 0 Å². The number of pyridine rings is 1. The van der Waals surface area contributed by atoms with Crippen molar-refractivity contribution in [2.75, 3.05) is 24.3 Å². The summed E-state index contributed by atoms with van der Waals surface area (Å²) in [4.78, 5) is 18.9. The van der Waals surface area contributed by atoms with Gasteiger partial charge in [-0.2, -0.15) is 0 Å². The monoisotopic (exact) mass is 381 g/mol. The maximum Gasteiger partial charge on any atom is 0.255 e. The van der Waals surface area contributed by atoms with Crippen LogP contribution in [0.25, 0.3) is 21.9 Å². The molecule has 0 spiro atoms. The van der Waals surface area contributed by atoms with E-state index in [1.165, 1.54) is 0 Å². The minimum atomic E-state index is -0.118. The van der Waals surface area contributed by atoms with Gasteiger partial charge >= 0.3 is 0 Å². The van der Waals surface area contributed by atoms with E-state index in [0.29, 0.717) is 5.56 Å². The molecule has 3 aromatic carbocycles. The van der Waals surface area contributed by atoms with Gasteiger partial charge in [0.05, 0.1) is 0 Å². The van der Waals surface area contributed by atoms with E-state index in [4.69, 9.17) is 0 Å². The van der Waals surface area contributed by atoms with Gasteiger partial charge in [-0.05, 0) is 77.5 Å². The molecule has 144 valence electrons. The van der Waals surface area contributed by atoms with Crippen molar-refractivity contribution in [3.63, 3.8) is 0 Å². The highest BCUT2D eigenvalue weighted by atomic mass is 16.1. The number of rotatable bonds is 4. The molecule has 1 amide bonds. The number of aromatic nitrogens is 1. The molecule has 4 heteroatoms. The van der Waals surface area contributed by atoms with Gasteiger partial charge < -0.3 is 10.2 Å². The summed E-state index contributed by atoms with van der Waals surface area (Å²) >= 11 is 0. The first-order valence-corrected chi connectivity index (χ1v) is 9.55. The fourth-order valence-electron chi connectivity index (χ4n) is 3.38. The van der Waals surface area contributed by atoms with Crippen LogP contribution in [0.2, 0.25) is 0 Å². The summed E-state index contributed by atoms with van der Waals surface area (Å²) in [6, 6.07) is 21.9. The first kappa shape index (κ1) is 18.7. The number of hydrogen-bond acceptors (Lipinski definition) is 3. The van der Waals surface area contributed by atoms with E-state index >= 15 is 0 Å². The Hall–Kier alpha value is -3.66. The molecule has 4 aromatic rings. The third kappa shape index (κ3) is 3.97. The van der Waals surface area contributed by atoms with Crippen LogP contribution in [-0.2, 0) is 0 Å². The summed E-state index contributed by atoms with van der Waals surface area (Å²) < 4.78 is 0. The van der Waals surface area contributed by atoms with Crippen molar-refractivity contribution >= 4 is 28.1 Å². The van der Waals surface area contributed by atoms with Crippen molar-refractivity contribution in [3.8, 4) is 11.1 Å². The molecule has 1 aromatic heterocycles. The van der Waals surface area contributed by atoms with Gasteiger partial charge in [0.1, 0.15) is 0 Å². The Morgan fingerprint density at radius 2 is 1.69 bits per heavy atom. The average molecular weight is 381 g/mol. The van der Waals surface area contributed by atoms with Gasteiger partial charge in [0, 0.05) is 48.8 Å². The van der Waals surface area contributed by atoms with E-state index in [0.717, 1.165) is 38.8 Å². The number of fused-ring (bicyclic) bond motifs is 1. The number of hydrogen-bond donors (Lipinski definition) is 1. The first-order chi connectivity index (χ1) is 14.0. The number of nitrogens with one attached hydrogen (secondary N) is 1. The molecule has 4 rings (SSSR count). The van der Waals surface area contributed by atoms with Gasteiger partial charge in [-0.25, -0.2) is 0 Å². The quantitative estimate of drug-likeness (QED) is 0.506. The number of carbonyl (C=O) groups excluding carboxylic acids is 1. The highest BCUT2D eigenvalue weighted by molar-refractivity contribution is 6.04. The summed E-state index contributed by atoms with van der Waals surface area (Å²) in [7, 11) is 3.96. The number of aryl methyl sites for hydroxylation is 1. The smallest absolute Gasteiger partial charge is 0.255 e. The lowest BCUT2D eigenvalue weighted by molar-refractivity contribution is 0.102. The molecule has 29 heavy (non-hydrogen) atoms. The number of carbonyl (C=O) groups is 1. The molecule has 0 unspecified atom stereocenters. The van der Waals surface area contributed by atoms with Crippen LogP contribution in [0.5, 0.6) is 0 Å². The Morgan fingerprint density at radius 1 is 0.897 bits per heavy atom. The fourth-order valence-corrected chi connectivity index (χ4v) is 3.38. The molecule has 0 saturated carbocycles. The largest absolute Gasteiger partial charge is 0.378 e. The zero-order valence-electron chi connectivity index (χ0n) is 16.8. The van der Waals surface area contributed by atoms with Crippen molar-refractivity contribution < 1.29 is 4.79 Å². The van der Waals surface area contributed by atoms with Gasteiger partial charge in [-0.15, -0.1) is 0 Å². The van der Waals surface area contributed by atoms with E-state index in [2.05, 4.69) is 35.4 Å². The molecule has 0 atom stereocenters. The lowest BCUT2D eigenvalue weighted by Crippen LogP contribution is -2.13. The third-order valence-corrected chi connectivity index (χ3v) is 5.09. The highest BCUT2D eigenvalue weighted by Crippen LogP contribution is 2.29. The SMILES string of the molecule is Cc1ccc(NC(=O)c2ccc(N(C)C)cc2)cc1-c1ccc2ccncc2c1. The Labute approximate surface area is 170 Å². The van der Waals surface area contributed by atoms with Crippen LogP contribution in [0.1, 0.15) is 15.9 Å². The predicted molar refractivity (Wildman–Crippen MR) is 121 cm³/mol. The molecule has 1 N–H and O–H groups in total. The second-order valence-electron chi connectivity index (χ2n) is 7.36. The van der Waals surface area contributed by atoms with Crippen LogP contribution in [0.15, 0.2) is 79.1 Å². The molecule has 0 fully saturated rings. The normalized spacial score (nSPS) is 10.7. The van der Waals surface area contributed by atoms with Gasteiger partial charge in [0.25, 0.3) is 5.91 Å². The Kier molecular flexibility index (Phi) is 5.00. The molecule has 0 saturated heterocycles. The Bertz CT molecular complexity index is 1180. The van der Waals surface area contributed by atoms with Gasteiger partial charge in [0.15, 0.2) is 0 Å². The van der Waals surface area contributed by atoms with Crippen LogP contribution in [-0.4, -0.2) is 25.0 Å². The summed E-state index contributed by atoms with van der Waals surface area (Å²) in [6.07, 6.45) is 3.67. The maximum atomic E-state index is 12.7. The molecular formula is C25H23N3O. The van der Waals surface area contributed by atoms with Crippen LogP contribution in [0, 0.1) is 6.92 Å². The minimum absolute atomic E-state index is 0.118. The zero-order valence-corrected chi connectivity index (χ0v) is 16.8. The molecule has 0 aliphatic heterocycles. The Morgan fingerprint density at radius 3 is 2.45 bits per heavy atom. The summed E-state index contributed by atoms with van der Waals surface area (Å²) in [5, 5.41) is 5.27. The molecule has 1 heterocycles. The van der Waals surface area contributed by atoms with E-state index in [1.54, 1.807) is 6.20 Å². The first-order valence-electron chi connectivity index (χ1n) is 9.55. The topological polar surface area (TPSA) is 45.2 Å². The van der Waals surface area contributed by atoms with Gasteiger partial charge in [-0.1, -0.05) is 18.2 Å². The number of amides is 1. The number of nitrogens with zero attached hydrogens (tertiary/aromatic N) is 2. The number of anilines is 2. The fraction of sp³-hybridized carbons (Fsp3) is 0.120. The van der Waals surface area contributed by atoms with Crippen molar-refractivity contribution in [1.29, 1.82) is 0 Å². The highest BCUT2D eigenvalue weighted by Gasteiger charge is 2.09. The molecule has 0 bridgehead atoms. The average Bonchev–Trinajstić information content (AvgIpc) is 2.74. The van der Waals surface area contributed by atoms with Crippen LogP contribution >= 0.6 is 0 Å². The van der Waals surface area contributed by atoms with Crippen LogP contribution in [0.4, 0.5) is 11.4 Å². The summed E-state index contributed by atoms with van der Waals surface area (Å²) in [5.74, 6) is -0.118. The van der Waals surface area contributed by atoms with Gasteiger partial charge in [-0.3, -0.25) is 9.78 Å². The van der Waals surface area contributed by atoms with Crippen molar-refractivity contribution in [3.05, 3.63) is 90.3 Å². The maximum absolute atomic E-state index is 12.7. The Balaban J connectivity index is 1.61.